The molecule has 0 aliphatic heterocycles. The van der Waals surface area contributed by atoms with Crippen LogP contribution in [-0.2, 0) is 6.54 Å². The number of hydrogen-bond donors (Lipinski definition) is 2. The summed E-state index contributed by atoms with van der Waals surface area (Å²) in [4.78, 5) is 0. The molecule has 0 aliphatic rings. The summed E-state index contributed by atoms with van der Waals surface area (Å²) in [6.45, 7) is 0.744. The largest absolute Gasteiger partial charge is 0.394 e. The van der Waals surface area contributed by atoms with Crippen LogP contribution in [0.4, 0.5) is 0 Å². The summed E-state index contributed by atoms with van der Waals surface area (Å²) in [6, 6.07) is 15.6. The maximum absolute atomic E-state index is 9.53. The van der Waals surface area contributed by atoms with Crippen molar-refractivity contribution in [2.75, 3.05) is 6.61 Å². The highest BCUT2D eigenvalue weighted by Gasteiger charge is 2.13. The number of benzene rings is 2. The van der Waals surface area contributed by atoms with Crippen LogP contribution in [-0.4, -0.2) is 11.7 Å². The topological polar surface area (TPSA) is 32.3 Å². The molecule has 4 heteroatoms. The zero-order valence-corrected chi connectivity index (χ0v) is 12.7. The minimum atomic E-state index is -0.119. The summed E-state index contributed by atoms with van der Waals surface area (Å²) >= 11 is 9.40. The average molecular weight is 341 g/mol. The Morgan fingerprint density at radius 3 is 2.53 bits per heavy atom. The van der Waals surface area contributed by atoms with E-state index in [0.717, 1.165) is 10.0 Å². The maximum Gasteiger partial charge on any atom is 0.0627 e. The van der Waals surface area contributed by atoms with Gasteiger partial charge in [-0.25, -0.2) is 0 Å². The molecule has 1 unspecified atom stereocenters. The Morgan fingerprint density at radius 2 is 1.89 bits per heavy atom. The van der Waals surface area contributed by atoms with Gasteiger partial charge in [0.05, 0.1) is 12.6 Å². The zero-order valence-electron chi connectivity index (χ0n) is 10.3. The summed E-state index contributed by atoms with van der Waals surface area (Å²) in [5.41, 5.74) is 2.19. The summed E-state index contributed by atoms with van der Waals surface area (Å²) < 4.78 is 0.902. The highest BCUT2D eigenvalue weighted by atomic mass is 79.9. The van der Waals surface area contributed by atoms with Crippen LogP contribution in [0.1, 0.15) is 17.2 Å². The number of aliphatic hydroxyl groups is 1. The molecule has 2 N–H and O–H groups in total. The van der Waals surface area contributed by atoms with Gasteiger partial charge in [-0.3, -0.25) is 0 Å². The summed E-state index contributed by atoms with van der Waals surface area (Å²) in [7, 11) is 0. The van der Waals surface area contributed by atoms with Crippen LogP contribution in [0, 0.1) is 0 Å². The molecule has 0 bridgehead atoms. The number of rotatable bonds is 5. The van der Waals surface area contributed by atoms with Crippen molar-refractivity contribution in [1.29, 1.82) is 0 Å². The minimum absolute atomic E-state index is 0.0348. The molecule has 0 radical (unpaired) electrons. The molecule has 0 amide bonds. The molecular formula is C15H15BrClNO. The predicted octanol–water partition coefficient (Wildman–Crippen LogP) is 3.93. The van der Waals surface area contributed by atoms with Gasteiger partial charge in [-0.2, -0.15) is 0 Å². The Hall–Kier alpha value is -0.870. The third-order valence-electron chi connectivity index (χ3n) is 2.92. The fourth-order valence-electron chi connectivity index (χ4n) is 1.89. The number of nitrogens with one attached hydrogen (secondary N) is 1. The van der Waals surface area contributed by atoms with Gasteiger partial charge in [0.1, 0.15) is 0 Å². The van der Waals surface area contributed by atoms with E-state index in [1.807, 2.05) is 36.4 Å². The monoisotopic (exact) mass is 339 g/mol. The van der Waals surface area contributed by atoms with E-state index in [1.165, 1.54) is 5.56 Å². The quantitative estimate of drug-likeness (QED) is 0.864. The number of aliphatic hydroxyl groups excluding tert-OH is 1. The van der Waals surface area contributed by atoms with Crippen molar-refractivity contribution < 1.29 is 5.11 Å². The lowest BCUT2D eigenvalue weighted by Crippen LogP contribution is -2.24. The smallest absolute Gasteiger partial charge is 0.0627 e. The number of halogens is 2. The standard InChI is InChI=1S/C15H15BrClNO/c16-14-8-12(17)6-7-13(14)15(10-19)18-9-11-4-2-1-3-5-11/h1-8,15,18-19H,9-10H2. The molecule has 0 saturated carbocycles. The first-order chi connectivity index (χ1) is 9.20. The first-order valence-electron chi connectivity index (χ1n) is 6.04. The lowest BCUT2D eigenvalue weighted by atomic mass is 10.1. The average Bonchev–Trinajstić information content (AvgIpc) is 2.42. The number of hydrogen-bond acceptors (Lipinski definition) is 2. The first kappa shape index (κ1) is 14.5. The predicted molar refractivity (Wildman–Crippen MR) is 82.3 cm³/mol. The molecule has 2 rings (SSSR count). The second kappa shape index (κ2) is 7.06. The van der Waals surface area contributed by atoms with E-state index in [4.69, 9.17) is 11.6 Å². The molecule has 0 fully saturated rings. The van der Waals surface area contributed by atoms with Crippen molar-refractivity contribution in [2.24, 2.45) is 0 Å². The second-order valence-electron chi connectivity index (χ2n) is 4.27. The first-order valence-corrected chi connectivity index (χ1v) is 7.21. The molecular weight excluding hydrogens is 326 g/mol. The SMILES string of the molecule is OCC(NCc1ccccc1)c1ccc(Cl)cc1Br. The highest BCUT2D eigenvalue weighted by Crippen LogP contribution is 2.26. The van der Waals surface area contributed by atoms with Gasteiger partial charge in [-0.05, 0) is 23.3 Å². The van der Waals surface area contributed by atoms with Crippen LogP contribution in [0.15, 0.2) is 53.0 Å². The lowest BCUT2D eigenvalue weighted by molar-refractivity contribution is 0.243. The molecule has 0 aromatic heterocycles. The molecule has 0 aliphatic carbocycles. The van der Waals surface area contributed by atoms with Gasteiger partial charge in [0.2, 0.25) is 0 Å². The summed E-state index contributed by atoms with van der Waals surface area (Å²) in [6.07, 6.45) is 0. The van der Waals surface area contributed by atoms with Gasteiger partial charge < -0.3 is 10.4 Å². The van der Waals surface area contributed by atoms with E-state index < -0.39 is 0 Å². The molecule has 0 spiro atoms. The molecule has 100 valence electrons. The molecule has 0 heterocycles. The van der Waals surface area contributed by atoms with E-state index in [9.17, 15) is 5.11 Å². The van der Waals surface area contributed by atoms with Crippen molar-refractivity contribution in [3.8, 4) is 0 Å². The second-order valence-corrected chi connectivity index (χ2v) is 5.56. The van der Waals surface area contributed by atoms with E-state index in [0.29, 0.717) is 11.6 Å². The Kier molecular flexibility index (Phi) is 5.40. The van der Waals surface area contributed by atoms with E-state index >= 15 is 0 Å². The summed E-state index contributed by atoms with van der Waals surface area (Å²) in [5, 5.41) is 13.6. The van der Waals surface area contributed by atoms with Crippen LogP contribution in [0.2, 0.25) is 5.02 Å². The third kappa shape index (κ3) is 4.05. The van der Waals surface area contributed by atoms with Gasteiger partial charge in [-0.1, -0.05) is 63.9 Å². The van der Waals surface area contributed by atoms with Gasteiger partial charge in [0, 0.05) is 16.0 Å². The van der Waals surface area contributed by atoms with Crippen LogP contribution >= 0.6 is 27.5 Å². The molecule has 2 aromatic carbocycles. The van der Waals surface area contributed by atoms with Gasteiger partial charge >= 0.3 is 0 Å². The summed E-state index contributed by atoms with van der Waals surface area (Å²) in [5.74, 6) is 0. The van der Waals surface area contributed by atoms with Crippen LogP contribution in [0.5, 0.6) is 0 Å². The maximum atomic E-state index is 9.53. The van der Waals surface area contributed by atoms with Crippen molar-refractivity contribution in [3.05, 3.63) is 69.2 Å². The van der Waals surface area contributed by atoms with Crippen LogP contribution in [0.25, 0.3) is 0 Å². The third-order valence-corrected chi connectivity index (χ3v) is 3.84. The Bertz CT molecular complexity index is 533. The van der Waals surface area contributed by atoms with Crippen LogP contribution < -0.4 is 5.32 Å². The molecule has 19 heavy (non-hydrogen) atoms. The van der Waals surface area contributed by atoms with Gasteiger partial charge in [0.15, 0.2) is 0 Å². The molecule has 1 atom stereocenters. The fraction of sp³-hybridized carbons (Fsp3) is 0.200. The Balaban J connectivity index is 2.08. The minimum Gasteiger partial charge on any atom is -0.394 e. The van der Waals surface area contributed by atoms with Crippen molar-refractivity contribution in [3.63, 3.8) is 0 Å². The lowest BCUT2D eigenvalue weighted by Gasteiger charge is -2.18. The van der Waals surface area contributed by atoms with E-state index in [-0.39, 0.29) is 12.6 Å². The van der Waals surface area contributed by atoms with Gasteiger partial charge in [0.25, 0.3) is 0 Å². The Morgan fingerprint density at radius 1 is 1.16 bits per heavy atom. The van der Waals surface area contributed by atoms with Crippen LogP contribution in [0.3, 0.4) is 0 Å². The zero-order chi connectivity index (χ0) is 13.7. The normalized spacial score (nSPS) is 12.4. The van der Waals surface area contributed by atoms with E-state index in [1.54, 1.807) is 0 Å². The van der Waals surface area contributed by atoms with Crippen molar-refractivity contribution in [1.82, 2.24) is 5.32 Å². The van der Waals surface area contributed by atoms with Crippen molar-refractivity contribution in [2.45, 2.75) is 12.6 Å². The fourth-order valence-corrected chi connectivity index (χ4v) is 2.85. The van der Waals surface area contributed by atoms with Crippen molar-refractivity contribution >= 4 is 27.5 Å². The van der Waals surface area contributed by atoms with E-state index in [2.05, 4.69) is 33.4 Å². The Labute approximate surface area is 126 Å². The molecule has 0 saturated heterocycles. The molecule has 2 aromatic rings. The van der Waals surface area contributed by atoms with Gasteiger partial charge in [-0.15, -0.1) is 0 Å². The molecule has 2 nitrogen and oxygen atoms in total. The highest BCUT2D eigenvalue weighted by molar-refractivity contribution is 9.10.